The van der Waals surface area contributed by atoms with E-state index in [4.69, 9.17) is 14.7 Å². The van der Waals surface area contributed by atoms with Gasteiger partial charge in [-0.15, -0.1) is 11.3 Å². The zero-order valence-corrected chi connectivity index (χ0v) is 13.2. The summed E-state index contributed by atoms with van der Waals surface area (Å²) in [5.74, 6) is 0.190. The van der Waals surface area contributed by atoms with Crippen LogP contribution >= 0.6 is 11.3 Å². The summed E-state index contributed by atoms with van der Waals surface area (Å²) in [6.45, 7) is 1.94. The van der Waals surface area contributed by atoms with Gasteiger partial charge >= 0.3 is 5.97 Å². The minimum Gasteiger partial charge on any atom is -0.497 e. The highest BCUT2D eigenvalue weighted by atomic mass is 32.1. The van der Waals surface area contributed by atoms with Crippen molar-refractivity contribution in [1.29, 1.82) is 0 Å². The topological polar surface area (TPSA) is 68.1 Å². The molecule has 0 radical (unpaired) electrons. The Kier molecular flexibility index (Phi) is 5.55. The molecule has 0 unspecified atom stereocenters. The van der Waals surface area contributed by atoms with Gasteiger partial charge in [0.25, 0.3) is 0 Å². The predicted molar refractivity (Wildman–Crippen MR) is 85.1 cm³/mol. The number of hydrogen-bond acceptors (Lipinski definition) is 6. The average molecular weight is 319 g/mol. The number of methoxy groups -OCH3 is 1. The maximum Gasteiger partial charge on any atom is 0.361 e. The number of ether oxygens (including phenoxy) is 2. The molecule has 0 saturated carbocycles. The van der Waals surface area contributed by atoms with Gasteiger partial charge in [0, 0.05) is 11.3 Å². The van der Waals surface area contributed by atoms with Crippen LogP contribution in [0.25, 0.3) is 0 Å². The van der Waals surface area contributed by atoms with E-state index >= 15 is 0 Å². The Labute approximate surface area is 132 Å². The lowest BCUT2D eigenvalue weighted by atomic mass is 10.1. The van der Waals surface area contributed by atoms with Gasteiger partial charge in [-0.2, -0.15) is 0 Å². The van der Waals surface area contributed by atoms with E-state index in [1.54, 1.807) is 20.1 Å². The molecule has 0 aliphatic heterocycles. The van der Waals surface area contributed by atoms with Crippen molar-refractivity contribution in [2.24, 2.45) is 5.16 Å². The Balaban J connectivity index is 2.11. The number of thiophene rings is 1. The highest BCUT2D eigenvalue weighted by molar-refractivity contribution is 7.15. The third kappa shape index (κ3) is 3.85. The maximum atomic E-state index is 11.7. The van der Waals surface area contributed by atoms with Crippen LogP contribution in [0.2, 0.25) is 0 Å². The first kappa shape index (κ1) is 16.0. The maximum absolute atomic E-state index is 11.7. The predicted octanol–water partition coefficient (Wildman–Crippen LogP) is 3.09. The van der Waals surface area contributed by atoms with Crippen LogP contribution in [0.1, 0.15) is 22.2 Å². The second kappa shape index (κ2) is 7.61. The van der Waals surface area contributed by atoms with Gasteiger partial charge in [0.05, 0.1) is 18.6 Å². The zero-order valence-electron chi connectivity index (χ0n) is 12.4. The number of esters is 1. The molecule has 2 aromatic rings. The Bertz CT molecular complexity index is 661. The SMILES string of the molecule is CCOC(=O)C(=NO)c1ccc(Cc2ccc(OC)cc2)s1. The molecule has 1 aromatic carbocycles. The van der Waals surface area contributed by atoms with Crippen molar-refractivity contribution < 1.29 is 19.5 Å². The molecule has 116 valence electrons. The quantitative estimate of drug-likeness (QED) is 0.384. The van der Waals surface area contributed by atoms with Gasteiger partial charge in [-0.25, -0.2) is 4.79 Å². The van der Waals surface area contributed by atoms with E-state index in [0.29, 0.717) is 4.88 Å². The van der Waals surface area contributed by atoms with Crippen LogP contribution in [0.4, 0.5) is 0 Å². The van der Waals surface area contributed by atoms with Crippen LogP contribution in [-0.2, 0) is 16.0 Å². The normalized spacial score (nSPS) is 11.3. The van der Waals surface area contributed by atoms with Gasteiger partial charge in [0.2, 0.25) is 5.71 Å². The van der Waals surface area contributed by atoms with Gasteiger partial charge in [0.1, 0.15) is 5.75 Å². The summed E-state index contributed by atoms with van der Waals surface area (Å²) in [7, 11) is 1.63. The molecule has 5 nitrogen and oxygen atoms in total. The van der Waals surface area contributed by atoms with Crippen molar-refractivity contribution in [3.05, 3.63) is 51.7 Å². The molecule has 0 aliphatic carbocycles. The van der Waals surface area contributed by atoms with Gasteiger partial charge in [-0.05, 0) is 36.8 Å². The van der Waals surface area contributed by atoms with E-state index < -0.39 is 5.97 Å². The van der Waals surface area contributed by atoms with Crippen LogP contribution in [-0.4, -0.2) is 30.6 Å². The molecule has 0 amide bonds. The van der Waals surface area contributed by atoms with Gasteiger partial charge in [-0.1, -0.05) is 17.3 Å². The molecule has 0 bridgehead atoms. The van der Waals surface area contributed by atoms with E-state index in [1.807, 2.05) is 30.3 Å². The van der Waals surface area contributed by atoms with E-state index in [9.17, 15) is 4.79 Å². The first-order chi connectivity index (χ1) is 10.7. The van der Waals surface area contributed by atoms with Crippen LogP contribution in [0.5, 0.6) is 5.75 Å². The largest absolute Gasteiger partial charge is 0.497 e. The summed E-state index contributed by atoms with van der Waals surface area (Å²) in [6.07, 6.45) is 0.732. The molecule has 0 aliphatic rings. The molecule has 2 rings (SSSR count). The lowest BCUT2D eigenvalue weighted by Gasteiger charge is -2.02. The standard InChI is InChI=1S/C16H17NO4S/c1-3-21-16(18)15(17-19)14-9-8-13(22-14)10-11-4-6-12(20-2)7-5-11/h4-9,19H,3,10H2,1-2H3. The average Bonchev–Trinajstić information content (AvgIpc) is 2.97. The van der Waals surface area contributed by atoms with E-state index in [1.165, 1.54) is 11.3 Å². The number of oxime groups is 1. The monoisotopic (exact) mass is 319 g/mol. The summed E-state index contributed by atoms with van der Waals surface area (Å²) >= 11 is 1.40. The zero-order chi connectivity index (χ0) is 15.9. The smallest absolute Gasteiger partial charge is 0.361 e. The highest BCUT2D eigenvalue weighted by Gasteiger charge is 2.18. The fraction of sp³-hybridized carbons (Fsp3) is 0.250. The van der Waals surface area contributed by atoms with Crippen LogP contribution in [0.3, 0.4) is 0 Å². The number of nitrogens with zero attached hydrogens (tertiary/aromatic N) is 1. The number of carbonyl (C=O) groups is 1. The van der Waals surface area contributed by atoms with Crippen molar-refractivity contribution in [3.8, 4) is 5.75 Å². The minimum absolute atomic E-state index is 0.0622. The van der Waals surface area contributed by atoms with E-state index in [-0.39, 0.29) is 12.3 Å². The van der Waals surface area contributed by atoms with Crippen LogP contribution < -0.4 is 4.74 Å². The second-order valence-corrected chi connectivity index (χ2v) is 5.63. The summed E-state index contributed by atoms with van der Waals surface area (Å²) in [5, 5.41) is 12.1. The Morgan fingerprint density at radius 2 is 1.95 bits per heavy atom. The first-order valence-electron chi connectivity index (χ1n) is 6.79. The Morgan fingerprint density at radius 1 is 1.23 bits per heavy atom. The van der Waals surface area contributed by atoms with Crippen molar-refractivity contribution in [3.63, 3.8) is 0 Å². The molecule has 1 aromatic heterocycles. The number of rotatable bonds is 6. The van der Waals surface area contributed by atoms with Crippen LogP contribution in [0, 0.1) is 0 Å². The summed E-state index contributed by atoms with van der Waals surface area (Å²) in [6, 6.07) is 11.5. The number of hydrogen-bond donors (Lipinski definition) is 1. The lowest BCUT2D eigenvalue weighted by molar-refractivity contribution is -0.135. The number of carbonyl (C=O) groups excluding carboxylic acids is 1. The Hall–Kier alpha value is -2.34. The molecule has 0 spiro atoms. The molecule has 0 atom stereocenters. The Morgan fingerprint density at radius 3 is 2.55 bits per heavy atom. The van der Waals surface area contributed by atoms with Gasteiger partial charge < -0.3 is 14.7 Å². The second-order valence-electron chi connectivity index (χ2n) is 4.46. The van der Waals surface area contributed by atoms with Crippen LogP contribution in [0.15, 0.2) is 41.6 Å². The molecular formula is C16H17NO4S. The molecular weight excluding hydrogens is 302 g/mol. The fourth-order valence-corrected chi connectivity index (χ4v) is 2.95. The van der Waals surface area contributed by atoms with E-state index in [2.05, 4.69) is 5.16 Å². The minimum atomic E-state index is -0.622. The highest BCUT2D eigenvalue weighted by Crippen LogP contribution is 2.22. The van der Waals surface area contributed by atoms with Crippen molar-refractivity contribution >= 4 is 23.0 Å². The number of benzene rings is 1. The molecule has 22 heavy (non-hydrogen) atoms. The molecule has 6 heteroatoms. The van der Waals surface area contributed by atoms with Crippen molar-refractivity contribution in [2.45, 2.75) is 13.3 Å². The summed E-state index contributed by atoms with van der Waals surface area (Å²) in [4.78, 5) is 13.3. The van der Waals surface area contributed by atoms with E-state index in [0.717, 1.165) is 22.6 Å². The third-order valence-corrected chi connectivity index (χ3v) is 4.09. The van der Waals surface area contributed by atoms with Crippen molar-refractivity contribution in [1.82, 2.24) is 0 Å². The summed E-state index contributed by atoms with van der Waals surface area (Å²) in [5.41, 5.74) is 1.07. The fourth-order valence-electron chi connectivity index (χ4n) is 1.93. The molecule has 1 heterocycles. The van der Waals surface area contributed by atoms with Gasteiger partial charge in [-0.3, -0.25) is 0 Å². The summed E-state index contributed by atoms with van der Waals surface area (Å²) < 4.78 is 9.99. The molecule has 0 saturated heterocycles. The first-order valence-corrected chi connectivity index (χ1v) is 7.60. The third-order valence-electron chi connectivity index (χ3n) is 3.00. The lowest BCUT2D eigenvalue weighted by Crippen LogP contribution is -2.17. The molecule has 1 N–H and O–H groups in total. The molecule has 0 fully saturated rings. The van der Waals surface area contributed by atoms with Crippen molar-refractivity contribution in [2.75, 3.05) is 13.7 Å². The van der Waals surface area contributed by atoms with Gasteiger partial charge in [0.15, 0.2) is 0 Å².